The van der Waals surface area contributed by atoms with Crippen molar-refractivity contribution in [1.82, 2.24) is 10.3 Å². The van der Waals surface area contributed by atoms with Gasteiger partial charge in [0.1, 0.15) is 23.3 Å². The number of hydrogen-bond acceptors (Lipinski definition) is 6. The standard InChI is InChI=1S/C24H29FN4O3/c1-24(2,3)32-23(31)28-22(18-5-6-19(15-30)20(25)12-18)17-8-10-29(11-9-17)21-7-4-16(13-26)14-27-21/h4-7,12,14,17,22,30H,8-11,15H2,1-3H3,(H,28,31)/t22-/m1/s1. The summed E-state index contributed by atoms with van der Waals surface area (Å²) in [5.74, 6) is 0.370. The average molecular weight is 441 g/mol. The molecule has 1 aromatic heterocycles. The molecule has 170 valence electrons. The molecule has 0 radical (unpaired) electrons. The number of hydrogen-bond donors (Lipinski definition) is 2. The van der Waals surface area contributed by atoms with Crippen LogP contribution in [0.5, 0.6) is 0 Å². The van der Waals surface area contributed by atoms with E-state index in [4.69, 9.17) is 10.00 Å². The molecule has 2 N–H and O–H groups in total. The Morgan fingerprint density at radius 1 is 1.34 bits per heavy atom. The molecular weight excluding hydrogens is 411 g/mol. The van der Waals surface area contributed by atoms with E-state index in [9.17, 15) is 14.3 Å². The minimum Gasteiger partial charge on any atom is -0.444 e. The third kappa shape index (κ3) is 5.95. The molecule has 8 heteroatoms. The van der Waals surface area contributed by atoms with Crippen LogP contribution in [-0.2, 0) is 11.3 Å². The van der Waals surface area contributed by atoms with Crippen molar-refractivity contribution in [3.63, 3.8) is 0 Å². The van der Waals surface area contributed by atoms with E-state index in [-0.39, 0.29) is 18.1 Å². The van der Waals surface area contributed by atoms with Crippen LogP contribution in [0.2, 0.25) is 0 Å². The number of nitriles is 1. The molecule has 7 nitrogen and oxygen atoms in total. The Hall–Kier alpha value is -3.18. The number of halogens is 1. The molecule has 1 atom stereocenters. The van der Waals surface area contributed by atoms with Gasteiger partial charge in [0, 0.05) is 24.8 Å². The maximum atomic E-state index is 14.4. The molecule has 1 saturated heterocycles. The maximum Gasteiger partial charge on any atom is 0.408 e. The van der Waals surface area contributed by atoms with Crippen LogP contribution >= 0.6 is 0 Å². The summed E-state index contributed by atoms with van der Waals surface area (Å²) in [7, 11) is 0. The van der Waals surface area contributed by atoms with Gasteiger partial charge in [-0.3, -0.25) is 0 Å². The number of rotatable bonds is 5. The van der Waals surface area contributed by atoms with Crippen molar-refractivity contribution >= 4 is 11.9 Å². The lowest BCUT2D eigenvalue weighted by Gasteiger charge is -2.37. The molecule has 1 fully saturated rings. The summed E-state index contributed by atoms with van der Waals surface area (Å²) >= 11 is 0. The lowest BCUT2D eigenvalue weighted by molar-refractivity contribution is 0.0478. The third-order valence-electron chi connectivity index (χ3n) is 5.49. The summed E-state index contributed by atoms with van der Waals surface area (Å²) in [6.07, 6.45) is 2.52. The van der Waals surface area contributed by atoms with Gasteiger partial charge in [-0.15, -0.1) is 0 Å². The quantitative estimate of drug-likeness (QED) is 0.727. The van der Waals surface area contributed by atoms with Crippen LogP contribution in [0.15, 0.2) is 36.5 Å². The highest BCUT2D eigenvalue weighted by molar-refractivity contribution is 5.68. The zero-order valence-corrected chi connectivity index (χ0v) is 18.6. The first-order valence-electron chi connectivity index (χ1n) is 10.7. The first kappa shape index (κ1) is 23.5. The predicted octanol–water partition coefficient (Wildman–Crippen LogP) is 4.07. The number of carbonyl (C=O) groups is 1. The summed E-state index contributed by atoms with van der Waals surface area (Å²) in [6.45, 7) is 6.42. The molecular formula is C24H29FN4O3. The highest BCUT2D eigenvalue weighted by Crippen LogP contribution is 2.33. The molecule has 1 aliphatic rings. The Bertz CT molecular complexity index is 974. The van der Waals surface area contributed by atoms with Crippen molar-refractivity contribution in [2.75, 3.05) is 18.0 Å². The number of ether oxygens (including phenoxy) is 1. The molecule has 0 bridgehead atoms. The number of benzene rings is 1. The molecule has 0 aliphatic carbocycles. The average Bonchev–Trinajstić information content (AvgIpc) is 2.76. The van der Waals surface area contributed by atoms with Crippen LogP contribution < -0.4 is 10.2 Å². The topological polar surface area (TPSA) is 98.5 Å². The number of amides is 1. The van der Waals surface area contributed by atoms with Gasteiger partial charge in [-0.05, 0) is 63.3 Å². The van der Waals surface area contributed by atoms with Gasteiger partial charge in [0.05, 0.1) is 18.2 Å². The molecule has 0 spiro atoms. The van der Waals surface area contributed by atoms with Gasteiger partial charge in [-0.25, -0.2) is 14.2 Å². The van der Waals surface area contributed by atoms with E-state index in [2.05, 4.69) is 21.3 Å². The van der Waals surface area contributed by atoms with Crippen molar-refractivity contribution in [3.05, 3.63) is 59.0 Å². The van der Waals surface area contributed by atoms with E-state index >= 15 is 0 Å². The van der Waals surface area contributed by atoms with Crippen molar-refractivity contribution in [3.8, 4) is 6.07 Å². The van der Waals surface area contributed by atoms with Crippen molar-refractivity contribution < 1.29 is 19.0 Å². The zero-order valence-electron chi connectivity index (χ0n) is 18.6. The fourth-order valence-electron chi connectivity index (χ4n) is 3.89. The second-order valence-electron chi connectivity index (χ2n) is 8.97. The van der Waals surface area contributed by atoms with E-state index < -0.39 is 23.6 Å². The van der Waals surface area contributed by atoms with Crippen LogP contribution in [0.3, 0.4) is 0 Å². The van der Waals surface area contributed by atoms with Gasteiger partial charge in [0.25, 0.3) is 0 Å². The number of aliphatic hydroxyl groups is 1. The van der Waals surface area contributed by atoms with Crippen molar-refractivity contribution in [1.29, 1.82) is 5.26 Å². The predicted molar refractivity (Wildman–Crippen MR) is 118 cm³/mol. The molecule has 3 rings (SSSR count). The van der Waals surface area contributed by atoms with Crippen LogP contribution in [0, 0.1) is 23.1 Å². The Morgan fingerprint density at radius 2 is 2.06 bits per heavy atom. The van der Waals surface area contributed by atoms with Gasteiger partial charge in [0.15, 0.2) is 0 Å². The molecule has 2 heterocycles. The van der Waals surface area contributed by atoms with Crippen molar-refractivity contribution in [2.45, 2.75) is 51.9 Å². The number of alkyl carbamates (subject to hydrolysis) is 1. The number of nitrogens with one attached hydrogen (secondary N) is 1. The summed E-state index contributed by atoms with van der Waals surface area (Å²) in [5.41, 5.74) is 0.719. The smallest absolute Gasteiger partial charge is 0.408 e. The third-order valence-corrected chi connectivity index (χ3v) is 5.49. The summed E-state index contributed by atoms with van der Waals surface area (Å²) in [4.78, 5) is 19.0. The molecule has 0 saturated carbocycles. The van der Waals surface area contributed by atoms with E-state index in [1.54, 1.807) is 45.2 Å². The molecule has 1 amide bonds. The lowest BCUT2D eigenvalue weighted by Crippen LogP contribution is -2.42. The molecule has 0 unspecified atom stereocenters. The second kappa shape index (κ2) is 9.96. The normalized spacial score (nSPS) is 15.7. The van der Waals surface area contributed by atoms with E-state index in [1.165, 1.54) is 6.07 Å². The fourth-order valence-corrected chi connectivity index (χ4v) is 3.89. The van der Waals surface area contributed by atoms with E-state index in [1.807, 2.05) is 6.07 Å². The van der Waals surface area contributed by atoms with Gasteiger partial charge in [-0.2, -0.15) is 5.26 Å². The number of anilines is 1. The Morgan fingerprint density at radius 3 is 2.59 bits per heavy atom. The number of piperidine rings is 1. The number of pyridine rings is 1. The first-order chi connectivity index (χ1) is 15.2. The molecule has 1 aromatic carbocycles. The highest BCUT2D eigenvalue weighted by Gasteiger charge is 2.31. The molecule has 1 aliphatic heterocycles. The number of aromatic nitrogens is 1. The van der Waals surface area contributed by atoms with Gasteiger partial charge < -0.3 is 20.1 Å². The van der Waals surface area contributed by atoms with Crippen molar-refractivity contribution in [2.24, 2.45) is 5.92 Å². The van der Waals surface area contributed by atoms with E-state index in [0.29, 0.717) is 24.2 Å². The van der Waals surface area contributed by atoms with Crippen LogP contribution in [0.1, 0.15) is 56.3 Å². The van der Waals surface area contributed by atoms with Gasteiger partial charge in [0.2, 0.25) is 0 Å². The largest absolute Gasteiger partial charge is 0.444 e. The SMILES string of the molecule is CC(C)(C)OC(=O)N[C@@H](c1ccc(CO)c(F)c1)C1CCN(c2ccc(C#N)cn2)CC1. The number of nitrogens with zero attached hydrogens (tertiary/aromatic N) is 3. The first-order valence-corrected chi connectivity index (χ1v) is 10.7. The Kier molecular flexibility index (Phi) is 7.31. The second-order valence-corrected chi connectivity index (χ2v) is 8.97. The summed E-state index contributed by atoms with van der Waals surface area (Å²) in [6, 6.07) is 9.88. The minimum atomic E-state index is -0.648. The number of aliphatic hydroxyl groups excluding tert-OH is 1. The Balaban J connectivity index is 1.76. The van der Waals surface area contributed by atoms with Crippen LogP contribution in [-0.4, -0.2) is 34.9 Å². The van der Waals surface area contributed by atoms with Gasteiger partial charge >= 0.3 is 6.09 Å². The molecule has 32 heavy (non-hydrogen) atoms. The fraction of sp³-hybridized carbons (Fsp3) is 0.458. The molecule has 2 aromatic rings. The zero-order chi connectivity index (χ0) is 23.3. The maximum absolute atomic E-state index is 14.4. The van der Waals surface area contributed by atoms with Gasteiger partial charge in [-0.1, -0.05) is 12.1 Å². The number of carbonyl (C=O) groups excluding carboxylic acids is 1. The minimum absolute atomic E-state index is 0.0662. The highest BCUT2D eigenvalue weighted by atomic mass is 19.1. The van der Waals surface area contributed by atoms with Crippen LogP contribution in [0.4, 0.5) is 15.0 Å². The summed E-state index contributed by atoms with van der Waals surface area (Å²) < 4.78 is 19.8. The summed E-state index contributed by atoms with van der Waals surface area (Å²) in [5, 5.41) is 21.2. The van der Waals surface area contributed by atoms with Crippen LogP contribution in [0.25, 0.3) is 0 Å². The Labute approximate surface area is 187 Å². The lowest BCUT2D eigenvalue weighted by atomic mass is 9.85. The monoisotopic (exact) mass is 440 g/mol. The van der Waals surface area contributed by atoms with E-state index in [0.717, 1.165) is 18.7 Å².